The molecule has 0 saturated carbocycles. The number of aliphatic hydroxyl groups is 1. The van der Waals surface area contributed by atoms with Crippen molar-refractivity contribution in [2.24, 2.45) is 5.73 Å². The molecule has 0 rings (SSSR count). The first-order valence-electron chi connectivity index (χ1n) is 3.39. The number of rotatable bonds is 4. The maximum absolute atomic E-state index is 10.4. The summed E-state index contributed by atoms with van der Waals surface area (Å²) in [5, 5.41) is 8.99. The Hall–Kier alpha value is -0.450. The average Bonchev–Trinajstić information content (AvgIpc) is 1.87. The third-order valence-electron chi connectivity index (χ3n) is 1.36. The van der Waals surface area contributed by atoms with E-state index in [1.165, 1.54) is 0 Å². The summed E-state index contributed by atoms with van der Waals surface area (Å²) in [5.74, 6) is -0.499. The van der Waals surface area contributed by atoms with Gasteiger partial charge in [0, 0.05) is 6.04 Å². The van der Waals surface area contributed by atoms with Crippen LogP contribution in [-0.4, -0.2) is 23.2 Å². The van der Waals surface area contributed by atoms with Crippen LogP contribution < -0.4 is 11.5 Å². The van der Waals surface area contributed by atoms with Gasteiger partial charge in [-0.2, -0.15) is 0 Å². The molecule has 6 N–H and O–H groups in total. The average molecular weight is 147 g/mol. The van der Waals surface area contributed by atoms with Crippen LogP contribution in [0.5, 0.6) is 0 Å². The molecule has 0 aliphatic carbocycles. The first-order valence-corrected chi connectivity index (χ1v) is 3.39. The number of nitrogens with two attached hydrogens (primary N) is 1. The Kier molecular flexibility index (Phi) is 4.18. The molecule has 60 valence electrons. The van der Waals surface area contributed by atoms with E-state index in [0.717, 1.165) is 6.42 Å². The lowest BCUT2D eigenvalue weighted by molar-refractivity contribution is -0.315. The Morgan fingerprint density at radius 1 is 1.80 bits per heavy atom. The van der Waals surface area contributed by atoms with Gasteiger partial charge in [-0.25, -0.2) is 4.79 Å². The van der Waals surface area contributed by atoms with Gasteiger partial charge in [0.15, 0.2) is 6.10 Å². The quantitative estimate of drug-likeness (QED) is 0.440. The summed E-state index contributed by atoms with van der Waals surface area (Å²) >= 11 is 0. The number of carbonyl (C=O) groups excluding carboxylic acids is 1. The second-order valence-electron chi connectivity index (χ2n) is 2.36. The smallest absolute Gasteiger partial charge is 0.339 e. The van der Waals surface area contributed by atoms with Crippen molar-refractivity contribution in [3.8, 4) is 0 Å². The minimum Gasteiger partial charge on any atom is -0.378 e. The molecule has 0 fully saturated rings. The van der Waals surface area contributed by atoms with Crippen LogP contribution in [0, 0.1) is 0 Å². The lowest BCUT2D eigenvalue weighted by Crippen LogP contribution is -2.65. The number of hydrogen-bond donors (Lipinski definition) is 3. The van der Waals surface area contributed by atoms with Crippen molar-refractivity contribution in [3.63, 3.8) is 0 Å². The Bertz CT molecular complexity index is 116. The molecular weight excluding hydrogens is 132 g/mol. The van der Waals surface area contributed by atoms with Crippen molar-refractivity contribution < 1.29 is 15.6 Å². The number of carbonyl (C=O) groups is 1. The summed E-state index contributed by atoms with van der Waals surface area (Å²) in [6.07, 6.45) is 0.438. The van der Waals surface area contributed by atoms with Gasteiger partial charge in [-0.1, -0.05) is 13.3 Å². The second-order valence-corrected chi connectivity index (χ2v) is 2.36. The van der Waals surface area contributed by atoms with Gasteiger partial charge in [-0.15, -0.1) is 0 Å². The SMILES string of the molecule is CCCC(N)C(O)C([NH3+])=O. The molecule has 0 aromatic rings. The van der Waals surface area contributed by atoms with Gasteiger partial charge >= 0.3 is 5.91 Å². The van der Waals surface area contributed by atoms with Gasteiger partial charge in [0.05, 0.1) is 0 Å². The summed E-state index contributed by atoms with van der Waals surface area (Å²) in [5.41, 5.74) is 8.49. The molecule has 0 aromatic heterocycles. The molecule has 0 spiro atoms. The van der Waals surface area contributed by atoms with E-state index in [4.69, 9.17) is 10.8 Å². The first kappa shape index (κ1) is 9.55. The number of amides is 1. The van der Waals surface area contributed by atoms with E-state index in [1.807, 2.05) is 6.92 Å². The first-order chi connectivity index (χ1) is 4.59. The predicted octanol–water partition coefficient (Wildman–Crippen LogP) is -1.76. The molecule has 0 bridgehead atoms. The van der Waals surface area contributed by atoms with E-state index in [-0.39, 0.29) is 0 Å². The predicted molar refractivity (Wildman–Crippen MR) is 36.8 cm³/mol. The molecule has 0 heterocycles. The van der Waals surface area contributed by atoms with Crippen LogP contribution in [0.15, 0.2) is 0 Å². The third-order valence-corrected chi connectivity index (χ3v) is 1.36. The number of hydrogen-bond acceptors (Lipinski definition) is 3. The maximum Gasteiger partial charge on any atom is 0.339 e. The maximum atomic E-state index is 10.4. The largest absolute Gasteiger partial charge is 0.378 e. The lowest BCUT2D eigenvalue weighted by atomic mass is 10.1. The van der Waals surface area contributed by atoms with E-state index >= 15 is 0 Å². The molecule has 0 aromatic carbocycles. The van der Waals surface area contributed by atoms with Crippen LogP contribution in [0.1, 0.15) is 19.8 Å². The summed E-state index contributed by atoms with van der Waals surface area (Å²) in [7, 11) is 0. The fourth-order valence-electron chi connectivity index (χ4n) is 0.730. The van der Waals surface area contributed by atoms with Crippen molar-refractivity contribution in [1.82, 2.24) is 0 Å². The van der Waals surface area contributed by atoms with Crippen molar-refractivity contribution >= 4 is 5.91 Å². The number of aliphatic hydroxyl groups excluding tert-OH is 1. The Labute approximate surface area is 60.2 Å². The topological polar surface area (TPSA) is 91.0 Å². The highest BCUT2D eigenvalue weighted by atomic mass is 16.3. The van der Waals surface area contributed by atoms with E-state index in [0.29, 0.717) is 6.42 Å². The molecule has 0 radical (unpaired) electrons. The third kappa shape index (κ3) is 2.91. The van der Waals surface area contributed by atoms with Crippen LogP contribution >= 0.6 is 0 Å². The van der Waals surface area contributed by atoms with Gasteiger partial charge in [0.25, 0.3) is 0 Å². The van der Waals surface area contributed by atoms with E-state index in [1.54, 1.807) is 0 Å². The van der Waals surface area contributed by atoms with Crippen LogP contribution in [0.2, 0.25) is 0 Å². The molecule has 0 saturated heterocycles. The molecule has 0 aliphatic heterocycles. The minimum atomic E-state index is -1.08. The highest BCUT2D eigenvalue weighted by molar-refractivity contribution is 5.70. The molecule has 0 aliphatic rings. The zero-order valence-electron chi connectivity index (χ0n) is 6.21. The summed E-state index contributed by atoms with van der Waals surface area (Å²) in [6, 6.07) is -0.449. The second kappa shape index (κ2) is 4.38. The van der Waals surface area contributed by atoms with Crippen molar-refractivity contribution in [1.29, 1.82) is 0 Å². The molecule has 2 atom stereocenters. The standard InChI is InChI=1S/C6H14N2O2/c1-2-3-4(7)5(9)6(8)10/h4-5,9H,2-3,7H2,1H3,(H2,8,10)/p+1. The van der Waals surface area contributed by atoms with Gasteiger partial charge < -0.3 is 10.8 Å². The van der Waals surface area contributed by atoms with Crippen molar-refractivity contribution in [2.75, 3.05) is 0 Å². The normalized spacial score (nSPS) is 16.4. The number of quaternary nitrogens is 1. The van der Waals surface area contributed by atoms with Crippen LogP contribution in [0.25, 0.3) is 0 Å². The van der Waals surface area contributed by atoms with E-state index in [9.17, 15) is 4.79 Å². The molecule has 1 amide bonds. The highest BCUT2D eigenvalue weighted by Crippen LogP contribution is 1.97. The minimum absolute atomic E-state index is 0.449. The van der Waals surface area contributed by atoms with Gasteiger partial charge in [-0.05, 0) is 6.42 Å². The summed E-state index contributed by atoms with van der Waals surface area (Å²) < 4.78 is 0. The fourth-order valence-corrected chi connectivity index (χ4v) is 0.730. The summed E-state index contributed by atoms with van der Waals surface area (Å²) in [6.45, 7) is 1.94. The van der Waals surface area contributed by atoms with Gasteiger partial charge in [-0.3, -0.25) is 5.73 Å². The summed E-state index contributed by atoms with van der Waals surface area (Å²) in [4.78, 5) is 10.4. The zero-order chi connectivity index (χ0) is 8.15. The van der Waals surface area contributed by atoms with Crippen LogP contribution in [-0.2, 0) is 4.79 Å². The Balaban J connectivity index is 3.69. The monoisotopic (exact) mass is 147 g/mol. The zero-order valence-corrected chi connectivity index (χ0v) is 6.21. The molecule has 4 nitrogen and oxygen atoms in total. The molecular formula is C6H15N2O2+. The Morgan fingerprint density at radius 2 is 2.30 bits per heavy atom. The van der Waals surface area contributed by atoms with Crippen LogP contribution in [0.3, 0.4) is 0 Å². The van der Waals surface area contributed by atoms with E-state index < -0.39 is 18.1 Å². The van der Waals surface area contributed by atoms with Gasteiger partial charge in [0.2, 0.25) is 0 Å². The van der Waals surface area contributed by atoms with Gasteiger partial charge in [0.1, 0.15) is 0 Å². The molecule has 2 unspecified atom stereocenters. The lowest BCUT2D eigenvalue weighted by Gasteiger charge is -2.11. The Morgan fingerprint density at radius 3 is 2.60 bits per heavy atom. The van der Waals surface area contributed by atoms with E-state index in [2.05, 4.69) is 5.73 Å². The fraction of sp³-hybridized carbons (Fsp3) is 0.833. The molecule has 10 heavy (non-hydrogen) atoms. The highest BCUT2D eigenvalue weighted by Gasteiger charge is 2.21. The van der Waals surface area contributed by atoms with Crippen LogP contribution in [0.4, 0.5) is 0 Å². The van der Waals surface area contributed by atoms with Crippen molar-refractivity contribution in [2.45, 2.75) is 31.9 Å². The van der Waals surface area contributed by atoms with Crippen molar-refractivity contribution in [3.05, 3.63) is 0 Å². The molecule has 4 heteroatoms.